The molecule has 4 unspecified atom stereocenters. The van der Waals surface area contributed by atoms with E-state index in [0.717, 1.165) is 43.0 Å². The minimum absolute atomic E-state index is 0.0242. The highest BCUT2D eigenvalue weighted by atomic mass is 16.5. The number of aromatic nitrogens is 1. The molecule has 174 valence electrons. The van der Waals surface area contributed by atoms with E-state index in [1.807, 2.05) is 36.4 Å². The molecule has 4 atom stereocenters. The number of carbonyl (C=O) groups is 3. The van der Waals surface area contributed by atoms with Gasteiger partial charge in [0.25, 0.3) is 0 Å². The number of nitrogens with zero attached hydrogens (tertiary/aromatic N) is 2. The quantitative estimate of drug-likeness (QED) is 0.553. The van der Waals surface area contributed by atoms with Gasteiger partial charge in [0.1, 0.15) is 12.4 Å². The Morgan fingerprint density at radius 3 is 2.94 bits per heavy atom. The van der Waals surface area contributed by atoms with Crippen LogP contribution in [0.1, 0.15) is 38.5 Å². The van der Waals surface area contributed by atoms with Crippen molar-refractivity contribution in [3.8, 4) is 0 Å². The second-order valence-corrected chi connectivity index (χ2v) is 9.02. The summed E-state index contributed by atoms with van der Waals surface area (Å²) >= 11 is 0. The van der Waals surface area contributed by atoms with Gasteiger partial charge in [-0.1, -0.05) is 18.2 Å². The minimum atomic E-state index is -0.388. The third kappa shape index (κ3) is 4.84. The fourth-order valence-corrected chi connectivity index (χ4v) is 5.02. The van der Waals surface area contributed by atoms with Crippen LogP contribution in [0.3, 0.4) is 0 Å². The number of benzene rings is 1. The Kier molecular flexibility index (Phi) is 6.24. The lowest BCUT2D eigenvalue weighted by atomic mass is 9.80. The first-order chi connectivity index (χ1) is 16.1. The molecule has 1 aromatic carbocycles. The van der Waals surface area contributed by atoms with Crippen LogP contribution in [-0.4, -0.2) is 59.2 Å². The van der Waals surface area contributed by atoms with Crippen molar-refractivity contribution < 1.29 is 19.1 Å². The standard InChI is InChI=1S/C24H29N5O4/c30-21(27-20-11-8-15-5-1-2-6-18(15)25-20)7-3-4-12-33-16-9-10-17-19(13-16)26-24-28-22(31)14-29(24)23(17)32/h1-2,5-6,8,11,16-17,19,24,26H,3-4,7,9-10,12-14H2,(H,28,31)(H,25,27,30). The number of pyridine rings is 1. The van der Waals surface area contributed by atoms with Gasteiger partial charge in [-0.2, -0.15) is 0 Å². The summed E-state index contributed by atoms with van der Waals surface area (Å²) in [7, 11) is 0. The Morgan fingerprint density at radius 1 is 1.15 bits per heavy atom. The maximum atomic E-state index is 12.7. The first kappa shape index (κ1) is 21.8. The smallest absolute Gasteiger partial charge is 0.242 e. The summed E-state index contributed by atoms with van der Waals surface area (Å²) in [6, 6.07) is 11.6. The van der Waals surface area contributed by atoms with Crippen molar-refractivity contribution in [1.29, 1.82) is 0 Å². The van der Waals surface area contributed by atoms with Gasteiger partial charge >= 0.3 is 0 Å². The molecule has 0 bridgehead atoms. The molecule has 1 aliphatic carbocycles. The van der Waals surface area contributed by atoms with Gasteiger partial charge in [0.2, 0.25) is 17.7 Å². The number of para-hydroxylation sites is 1. The number of rotatable bonds is 7. The zero-order valence-corrected chi connectivity index (χ0v) is 18.5. The van der Waals surface area contributed by atoms with Crippen molar-refractivity contribution in [2.45, 2.75) is 57.0 Å². The predicted molar refractivity (Wildman–Crippen MR) is 122 cm³/mol. The summed E-state index contributed by atoms with van der Waals surface area (Å²) in [5, 5.41) is 10.1. The number of hydrogen-bond acceptors (Lipinski definition) is 6. The van der Waals surface area contributed by atoms with Crippen molar-refractivity contribution in [3.05, 3.63) is 36.4 Å². The maximum Gasteiger partial charge on any atom is 0.242 e. The third-order valence-electron chi connectivity index (χ3n) is 6.72. The van der Waals surface area contributed by atoms with Crippen LogP contribution < -0.4 is 16.0 Å². The predicted octanol–water partition coefficient (Wildman–Crippen LogP) is 1.74. The van der Waals surface area contributed by atoms with Gasteiger partial charge in [-0.25, -0.2) is 4.98 Å². The summed E-state index contributed by atoms with van der Waals surface area (Å²) in [6.07, 6.45) is 4.00. The van der Waals surface area contributed by atoms with E-state index in [9.17, 15) is 14.4 Å². The average molecular weight is 452 g/mol. The Morgan fingerprint density at radius 2 is 2.03 bits per heavy atom. The molecule has 1 aromatic heterocycles. The second-order valence-electron chi connectivity index (χ2n) is 9.02. The van der Waals surface area contributed by atoms with E-state index in [-0.39, 0.29) is 48.6 Å². The molecule has 0 spiro atoms. The molecule has 3 fully saturated rings. The highest BCUT2D eigenvalue weighted by Gasteiger charge is 2.47. The molecule has 3 N–H and O–H groups in total. The van der Waals surface area contributed by atoms with Gasteiger partial charge < -0.3 is 15.4 Å². The number of anilines is 1. The molecule has 2 saturated heterocycles. The SMILES string of the molecule is O=C(CCCCOC1CCC2C(=O)N3CC(=O)NC3NC2C1)Nc1ccc2ccccc2n1. The maximum absolute atomic E-state index is 12.7. The topological polar surface area (TPSA) is 113 Å². The van der Waals surface area contributed by atoms with Gasteiger partial charge in [0.05, 0.1) is 17.5 Å². The molecular weight excluding hydrogens is 422 g/mol. The van der Waals surface area contributed by atoms with E-state index in [0.29, 0.717) is 18.8 Å². The van der Waals surface area contributed by atoms with Crippen molar-refractivity contribution in [3.63, 3.8) is 0 Å². The third-order valence-corrected chi connectivity index (χ3v) is 6.72. The number of carbonyl (C=O) groups excluding carboxylic acids is 3. The molecule has 9 nitrogen and oxygen atoms in total. The lowest BCUT2D eigenvalue weighted by Crippen LogP contribution is -2.65. The van der Waals surface area contributed by atoms with Gasteiger partial charge in [-0.05, 0) is 50.3 Å². The Hall–Kier alpha value is -3.04. The number of ether oxygens (including phenoxy) is 1. The van der Waals surface area contributed by atoms with E-state index in [4.69, 9.17) is 4.74 Å². The highest BCUT2D eigenvalue weighted by molar-refractivity contribution is 5.91. The summed E-state index contributed by atoms with van der Waals surface area (Å²) < 4.78 is 6.05. The monoisotopic (exact) mass is 451 g/mol. The van der Waals surface area contributed by atoms with Crippen LogP contribution in [0.25, 0.3) is 10.9 Å². The molecule has 2 aliphatic heterocycles. The minimum Gasteiger partial charge on any atom is -0.378 e. The lowest BCUT2D eigenvalue weighted by Gasteiger charge is -2.44. The number of unbranched alkanes of at least 4 members (excludes halogenated alkanes) is 1. The summed E-state index contributed by atoms with van der Waals surface area (Å²) in [5.74, 6) is 0.381. The Bertz CT molecular complexity index is 1060. The number of hydrogen-bond donors (Lipinski definition) is 3. The number of fused-ring (bicyclic) bond motifs is 3. The van der Waals surface area contributed by atoms with E-state index in [1.54, 1.807) is 4.90 Å². The van der Waals surface area contributed by atoms with Crippen LogP contribution in [0, 0.1) is 5.92 Å². The van der Waals surface area contributed by atoms with Crippen LogP contribution in [0.5, 0.6) is 0 Å². The molecule has 0 radical (unpaired) electrons. The lowest BCUT2D eigenvalue weighted by molar-refractivity contribution is -0.147. The molecule has 33 heavy (non-hydrogen) atoms. The Balaban J connectivity index is 1.01. The van der Waals surface area contributed by atoms with E-state index in [1.165, 1.54) is 0 Å². The fraction of sp³-hybridized carbons (Fsp3) is 0.500. The van der Waals surface area contributed by atoms with Gasteiger partial charge in [-0.3, -0.25) is 24.6 Å². The molecule has 2 aromatic rings. The van der Waals surface area contributed by atoms with Crippen LogP contribution in [-0.2, 0) is 19.1 Å². The zero-order valence-electron chi connectivity index (χ0n) is 18.5. The van der Waals surface area contributed by atoms with Crippen molar-refractivity contribution in [2.75, 3.05) is 18.5 Å². The van der Waals surface area contributed by atoms with E-state index in [2.05, 4.69) is 20.9 Å². The molecule has 9 heteroatoms. The summed E-state index contributed by atoms with van der Waals surface area (Å²) in [4.78, 5) is 42.6. The normalized spacial score (nSPS) is 26.6. The molecule has 3 amide bonds. The van der Waals surface area contributed by atoms with E-state index >= 15 is 0 Å². The van der Waals surface area contributed by atoms with Gasteiger partial charge in [0, 0.05) is 24.5 Å². The highest BCUT2D eigenvalue weighted by Crippen LogP contribution is 2.32. The second kappa shape index (κ2) is 9.44. The van der Waals surface area contributed by atoms with Crippen molar-refractivity contribution >= 4 is 34.4 Å². The van der Waals surface area contributed by atoms with Crippen LogP contribution in [0.4, 0.5) is 5.82 Å². The zero-order chi connectivity index (χ0) is 22.8. The van der Waals surface area contributed by atoms with E-state index < -0.39 is 0 Å². The first-order valence-electron chi connectivity index (χ1n) is 11.7. The average Bonchev–Trinajstić information content (AvgIpc) is 3.19. The van der Waals surface area contributed by atoms with Crippen LogP contribution in [0.15, 0.2) is 36.4 Å². The van der Waals surface area contributed by atoms with Gasteiger partial charge in [0.15, 0.2) is 6.29 Å². The van der Waals surface area contributed by atoms with Gasteiger partial charge in [-0.15, -0.1) is 0 Å². The molecule has 3 heterocycles. The number of nitrogens with one attached hydrogen (secondary N) is 3. The molecular formula is C24H29N5O4. The molecule has 5 rings (SSSR count). The number of amides is 3. The van der Waals surface area contributed by atoms with Crippen LogP contribution >= 0.6 is 0 Å². The molecule has 1 saturated carbocycles. The summed E-state index contributed by atoms with van der Waals surface area (Å²) in [5.41, 5.74) is 0.857. The largest absolute Gasteiger partial charge is 0.378 e. The first-order valence-corrected chi connectivity index (χ1v) is 11.7. The molecule has 3 aliphatic rings. The van der Waals surface area contributed by atoms with Crippen molar-refractivity contribution in [1.82, 2.24) is 20.5 Å². The summed E-state index contributed by atoms with van der Waals surface area (Å²) in [6.45, 7) is 0.730. The van der Waals surface area contributed by atoms with Crippen molar-refractivity contribution in [2.24, 2.45) is 5.92 Å². The van der Waals surface area contributed by atoms with Crippen LogP contribution in [0.2, 0.25) is 0 Å². The fourth-order valence-electron chi connectivity index (χ4n) is 5.02. The Labute approximate surface area is 192 Å².